The average molecular weight is 94.2 g/mol. The highest BCUT2D eigenvalue weighted by Gasteiger charge is 2.36. The first-order valence-electron chi connectivity index (χ1n) is 3.12. The zero-order valence-electron chi connectivity index (χ0n) is 4.43. The van der Waals surface area contributed by atoms with E-state index in [0.717, 1.165) is 11.8 Å². The van der Waals surface area contributed by atoms with Crippen LogP contribution in [0.5, 0.6) is 0 Å². The molecule has 0 heterocycles. The summed E-state index contributed by atoms with van der Waals surface area (Å²) in [5.41, 5.74) is 0. The number of fused-ring (bicyclic) bond motifs is 1. The summed E-state index contributed by atoms with van der Waals surface area (Å²) in [7, 11) is 0. The summed E-state index contributed by atoms with van der Waals surface area (Å²) in [4.78, 5) is 0. The Labute approximate surface area is 44.2 Å². The van der Waals surface area contributed by atoms with Gasteiger partial charge in [0.1, 0.15) is 0 Å². The summed E-state index contributed by atoms with van der Waals surface area (Å²) in [6, 6.07) is 0. The molecule has 0 aromatic heterocycles. The zero-order valence-corrected chi connectivity index (χ0v) is 4.43. The molecule has 0 unspecified atom stereocenters. The molecule has 1 fully saturated rings. The molecule has 0 aromatic rings. The highest BCUT2D eigenvalue weighted by Crippen LogP contribution is 2.46. The number of allylic oxidation sites excluding steroid dienone is 2. The van der Waals surface area contributed by atoms with Crippen LogP contribution >= 0.6 is 0 Å². The van der Waals surface area contributed by atoms with Gasteiger partial charge in [-0.2, -0.15) is 0 Å². The Morgan fingerprint density at radius 3 is 2.00 bits per heavy atom. The van der Waals surface area contributed by atoms with Gasteiger partial charge in [-0.15, -0.1) is 0 Å². The van der Waals surface area contributed by atoms with Crippen LogP contribution in [0.1, 0.15) is 19.3 Å². The molecule has 2 atom stereocenters. The number of hydrogen-bond donors (Lipinski definition) is 0. The molecule has 1 saturated carbocycles. The lowest BCUT2D eigenvalue weighted by molar-refractivity contribution is 0.689. The molecule has 2 aliphatic carbocycles. The van der Waals surface area contributed by atoms with Crippen molar-refractivity contribution in [2.75, 3.05) is 0 Å². The smallest absolute Gasteiger partial charge is 0.0319 e. The summed E-state index contributed by atoms with van der Waals surface area (Å²) in [5.74, 6) is 2.23. The van der Waals surface area contributed by atoms with E-state index >= 15 is 0 Å². The van der Waals surface area contributed by atoms with Gasteiger partial charge in [-0.3, -0.25) is 0 Å². The molecule has 0 aromatic carbocycles. The molecule has 2 aliphatic rings. The third-order valence-corrected chi connectivity index (χ3v) is 2.11. The van der Waals surface area contributed by atoms with E-state index in [-0.39, 0.29) is 0 Å². The minimum Gasteiger partial charge on any atom is -0.0882 e. The van der Waals surface area contributed by atoms with Crippen molar-refractivity contribution in [1.29, 1.82) is 0 Å². The molecule has 0 bridgehead atoms. The van der Waals surface area contributed by atoms with Crippen LogP contribution in [0, 0.1) is 11.8 Å². The third kappa shape index (κ3) is 0.495. The molecule has 0 radical (unpaired) electrons. The predicted octanol–water partition coefficient (Wildman–Crippen LogP) is 1.97. The molecule has 0 aliphatic heterocycles. The summed E-state index contributed by atoms with van der Waals surface area (Å²) < 4.78 is 0. The Morgan fingerprint density at radius 1 is 1.00 bits per heavy atom. The van der Waals surface area contributed by atoms with Crippen molar-refractivity contribution < 1.29 is 0 Å². The second kappa shape index (κ2) is 1.12. The van der Waals surface area contributed by atoms with Crippen molar-refractivity contribution >= 4 is 0 Å². The van der Waals surface area contributed by atoms with Gasteiger partial charge in [-0.1, -0.05) is 12.2 Å². The monoisotopic (exact) mass is 94.1 g/mol. The van der Waals surface area contributed by atoms with Gasteiger partial charge in [0, 0.05) is 0 Å². The van der Waals surface area contributed by atoms with Crippen molar-refractivity contribution in [2.24, 2.45) is 11.8 Å². The Hall–Kier alpha value is -0.260. The van der Waals surface area contributed by atoms with E-state index in [9.17, 15) is 0 Å². The predicted molar refractivity (Wildman–Crippen MR) is 30.0 cm³/mol. The van der Waals surface area contributed by atoms with Gasteiger partial charge in [0.2, 0.25) is 0 Å². The third-order valence-electron chi connectivity index (χ3n) is 2.11. The largest absolute Gasteiger partial charge is 0.0882 e. The van der Waals surface area contributed by atoms with E-state index in [1.54, 1.807) is 0 Å². The molecule has 0 spiro atoms. The molecular formula is C7H10. The van der Waals surface area contributed by atoms with Crippen LogP contribution in [0.3, 0.4) is 0 Å². The first kappa shape index (κ1) is 3.71. The molecule has 0 saturated heterocycles. The maximum absolute atomic E-state index is 2.33. The Bertz CT molecular complexity index is 90.6. The first-order valence-corrected chi connectivity index (χ1v) is 3.12. The Morgan fingerprint density at radius 2 is 1.57 bits per heavy atom. The van der Waals surface area contributed by atoms with Crippen molar-refractivity contribution in [1.82, 2.24) is 0 Å². The lowest BCUT2D eigenvalue weighted by Gasteiger charge is -1.96. The minimum atomic E-state index is 1.12. The van der Waals surface area contributed by atoms with Crippen molar-refractivity contribution in [2.45, 2.75) is 19.3 Å². The lowest BCUT2D eigenvalue weighted by atomic mass is 10.1. The minimum absolute atomic E-state index is 1.12. The van der Waals surface area contributed by atoms with Crippen LogP contribution in [-0.2, 0) is 0 Å². The van der Waals surface area contributed by atoms with Crippen LogP contribution in [-0.4, -0.2) is 0 Å². The molecule has 0 N–H and O–H groups in total. The molecular weight excluding hydrogens is 84.1 g/mol. The number of hydrogen-bond acceptors (Lipinski definition) is 0. The molecule has 38 valence electrons. The van der Waals surface area contributed by atoms with E-state index in [1.165, 1.54) is 19.3 Å². The maximum atomic E-state index is 2.33. The fraction of sp³-hybridized carbons (Fsp3) is 0.714. The van der Waals surface area contributed by atoms with Crippen LogP contribution < -0.4 is 0 Å². The van der Waals surface area contributed by atoms with E-state index in [4.69, 9.17) is 0 Å². The Balaban J connectivity index is 2.10. The van der Waals surface area contributed by atoms with Gasteiger partial charge in [-0.05, 0) is 31.1 Å². The molecule has 2 rings (SSSR count). The van der Waals surface area contributed by atoms with Gasteiger partial charge in [0.05, 0.1) is 0 Å². The van der Waals surface area contributed by atoms with Crippen molar-refractivity contribution in [3.63, 3.8) is 0 Å². The highest BCUT2D eigenvalue weighted by atomic mass is 14.4. The molecule has 0 nitrogen and oxygen atoms in total. The summed E-state index contributed by atoms with van der Waals surface area (Å²) in [6.45, 7) is 0. The van der Waals surface area contributed by atoms with Gasteiger partial charge in [0.15, 0.2) is 0 Å². The number of rotatable bonds is 0. The van der Waals surface area contributed by atoms with E-state index in [1.807, 2.05) is 0 Å². The van der Waals surface area contributed by atoms with E-state index in [2.05, 4.69) is 12.2 Å². The van der Waals surface area contributed by atoms with Crippen LogP contribution in [0.25, 0.3) is 0 Å². The van der Waals surface area contributed by atoms with Gasteiger partial charge in [0.25, 0.3) is 0 Å². The van der Waals surface area contributed by atoms with Crippen molar-refractivity contribution in [3.8, 4) is 0 Å². The summed E-state index contributed by atoms with van der Waals surface area (Å²) >= 11 is 0. The van der Waals surface area contributed by atoms with Crippen LogP contribution in [0.15, 0.2) is 12.2 Å². The quantitative estimate of drug-likeness (QED) is 0.402. The van der Waals surface area contributed by atoms with Gasteiger partial charge >= 0.3 is 0 Å². The molecule has 0 heteroatoms. The lowest BCUT2D eigenvalue weighted by Crippen LogP contribution is -1.83. The van der Waals surface area contributed by atoms with E-state index in [0.29, 0.717) is 0 Å². The Kier molecular flexibility index (Phi) is 0.592. The van der Waals surface area contributed by atoms with Gasteiger partial charge in [-0.25, -0.2) is 0 Å². The van der Waals surface area contributed by atoms with E-state index < -0.39 is 0 Å². The first-order chi connectivity index (χ1) is 3.47. The topological polar surface area (TPSA) is 0 Å². The molecule has 0 amide bonds. The van der Waals surface area contributed by atoms with Crippen LogP contribution in [0.4, 0.5) is 0 Å². The zero-order chi connectivity index (χ0) is 4.69. The van der Waals surface area contributed by atoms with Crippen LogP contribution in [0.2, 0.25) is 0 Å². The van der Waals surface area contributed by atoms with Gasteiger partial charge < -0.3 is 0 Å². The highest BCUT2D eigenvalue weighted by molar-refractivity contribution is 5.02. The fourth-order valence-corrected chi connectivity index (χ4v) is 1.43. The fourth-order valence-electron chi connectivity index (χ4n) is 1.43. The second-order valence-electron chi connectivity index (χ2n) is 2.70. The summed E-state index contributed by atoms with van der Waals surface area (Å²) in [5, 5.41) is 0. The normalized spacial score (nSPS) is 45.7. The second-order valence-corrected chi connectivity index (χ2v) is 2.70. The molecule has 7 heavy (non-hydrogen) atoms. The standard InChI is InChI=1S/C7H10/c1-2-4-7-5-6(7)3-1/h1-2,6-7H,3-5H2/t6-,7-/m1/s1. The SMILES string of the molecule is C1=CC[C@@H]2C[C@H]2C1. The maximum Gasteiger partial charge on any atom is -0.0319 e. The summed E-state index contributed by atoms with van der Waals surface area (Å²) in [6.07, 6.45) is 8.94. The van der Waals surface area contributed by atoms with Crippen molar-refractivity contribution in [3.05, 3.63) is 12.2 Å². The average Bonchev–Trinajstić information content (AvgIpc) is 2.41.